The van der Waals surface area contributed by atoms with Crippen LogP contribution in [0.3, 0.4) is 0 Å². The van der Waals surface area contributed by atoms with E-state index in [0.29, 0.717) is 12.2 Å². The summed E-state index contributed by atoms with van der Waals surface area (Å²) >= 11 is 0. The van der Waals surface area contributed by atoms with Crippen molar-refractivity contribution < 1.29 is 43.2 Å². The van der Waals surface area contributed by atoms with Crippen LogP contribution in [0, 0.1) is 0 Å². The van der Waals surface area contributed by atoms with E-state index in [9.17, 15) is 19.5 Å². The molecule has 2 unspecified atom stereocenters. The molecule has 0 aliphatic carbocycles. The molecule has 1 saturated heterocycles. The van der Waals surface area contributed by atoms with Crippen LogP contribution in [0.2, 0.25) is 0 Å². The van der Waals surface area contributed by atoms with Crippen molar-refractivity contribution in [2.45, 2.75) is 76.8 Å². The minimum absolute atomic E-state index is 0.0532. The minimum atomic E-state index is -1.29. The Morgan fingerprint density at radius 1 is 1.21 bits per heavy atom. The van der Waals surface area contributed by atoms with Gasteiger partial charge in [-0.05, 0) is 25.5 Å². The number of carbonyl (C=O) groups excluding carboxylic acids is 3. The molecule has 1 aliphatic rings. The number of ether oxygens (including phenoxy) is 5. The van der Waals surface area contributed by atoms with Crippen molar-refractivity contribution >= 4 is 17.8 Å². The number of aliphatic hydroxyl groups excluding tert-OH is 1. The molecule has 190 valence electrons. The summed E-state index contributed by atoms with van der Waals surface area (Å²) < 4.78 is 27.8. The van der Waals surface area contributed by atoms with Crippen LogP contribution in [0.5, 0.6) is 0 Å². The maximum absolute atomic E-state index is 12.4. The minimum Gasteiger partial charge on any atom is -0.469 e. The predicted molar refractivity (Wildman–Crippen MR) is 121 cm³/mol. The van der Waals surface area contributed by atoms with Crippen LogP contribution in [0.4, 0.5) is 0 Å². The third-order valence-corrected chi connectivity index (χ3v) is 5.28. The first-order valence-electron chi connectivity index (χ1n) is 11.4. The summed E-state index contributed by atoms with van der Waals surface area (Å²) in [5.41, 5.74) is 0.360. The van der Waals surface area contributed by atoms with Gasteiger partial charge in [-0.2, -0.15) is 0 Å². The maximum atomic E-state index is 12.4. The van der Waals surface area contributed by atoms with Crippen LogP contribution in [-0.2, 0) is 33.3 Å². The molecule has 0 radical (unpaired) electrons. The van der Waals surface area contributed by atoms with Gasteiger partial charge in [0, 0.05) is 13.5 Å². The van der Waals surface area contributed by atoms with Gasteiger partial charge in [0.25, 0.3) is 0 Å². The lowest BCUT2D eigenvalue weighted by atomic mass is 9.96. The van der Waals surface area contributed by atoms with E-state index in [2.05, 4.69) is 10.1 Å². The third kappa shape index (κ3) is 8.35. The van der Waals surface area contributed by atoms with Gasteiger partial charge < -0.3 is 34.1 Å². The number of carbonyl (C=O) groups is 3. The van der Waals surface area contributed by atoms with Gasteiger partial charge >= 0.3 is 11.9 Å². The van der Waals surface area contributed by atoms with E-state index < -0.39 is 48.7 Å². The number of esters is 2. The standard InChI is InChI=1S/C24H35NO9/c1-5-6-12-31-24-20(25-16(3)26)22(33-15(2)13-19(27)30-4)21(28)18(34-24)14-32-23(29)17-10-8-7-9-11-17/h7-11,15,18,20-22,24,28H,5-6,12-14H2,1-4H3,(H,25,26)/t15-,18?,20?,21-,22-,24+/m1/s1. The van der Waals surface area contributed by atoms with E-state index in [1.165, 1.54) is 14.0 Å². The van der Waals surface area contributed by atoms with Crippen molar-refractivity contribution in [1.29, 1.82) is 0 Å². The lowest BCUT2D eigenvalue weighted by molar-refractivity contribution is -0.281. The highest BCUT2D eigenvalue weighted by molar-refractivity contribution is 5.89. The van der Waals surface area contributed by atoms with Gasteiger partial charge in [0.1, 0.15) is 31.0 Å². The molecular weight excluding hydrogens is 446 g/mol. The molecule has 1 aromatic rings. The molecule has 1 aromatic carbocycles. The number of amides is 1. The second kappa shape index (κ2) is 14.0. The Morgan fingerprint density at radius 3 is 2.53 bits per heavy atom. The molecule has 10 heteroatoms. The Morgan fingerprint density at radius 2 is 1.91 bits per heavy atom. The topological polar surface area (TPSA) is 130 Å². The van der Waals surface area contributed by atoms with Crippen molar-refractivity contribution in [1.82, 2.24) is 5.32 Å². The van der Waals surface area contributed by atoms with E-state index in [-0.39, 0.29) is 18.9 Å². The molecule has 1 fully saturated rings. The van der Waals surface area contributed by atoms with Crippen LogP contribution in [0.1, 0.15) is 50.4 Å². The predicted octanol–water partition coefficient (Wildman–Crippen LogP) is 1.59. The number of methoxy groups -OCH3 is 1. The van der Waals surface area contributed by atoms with Crippen LogP contribution < -0.4 is 5.32 Å². The van der Waals surface area contributed by atoms with Gasteiger partial charge in [0.2, 0.25) is 5.91 Å². The number of hydrogen-bond acceptors (Lipinski definition) is 9. The van der Waals surface area contributed by atoms with Gasteiger partial charge in [-0.25, -0.2) is 4.79 Å². The number of unbranched alkanes of at least 4 members (excludes halogenated alkanes) is 1. The molecule has 2 rings (SSSR count). The van der Waals surface area contributed by atoms with Gasteiger partial charge in [-0.15, -0.1) is 0 Å². The van der Waals surface area contributed by atoms with Crippen molar-refractivity contribution in [3.8, 4) is 0 Å². The lowest BCUT2D eigenvalue weighted by Crippen LogP contribution is -2.66. The van der Waals surface area contributed by atoms with E-state index in [1.54, 1.807) is 37.3 Å². The first-order chi connectivity index (χ1) is 16.3. The second-order valence-corrected chi connectivity index (χ2v) is 8.14. The molecule has 6 atom stereocenters. The largest absolute Gasteiger partial charge is 0.469 e. The molecule has 34 heavy (non-hydrogen) atoms. The Bertz CT molecular complexity index is 788. The molecule has 0 saturated carbocycles. The molecule has 2 N–H and O–H groups in total. The van der Waals surface area contributed by atoms with E-state index in [0.717, 1.165) is 12.8 Å². The van der Waals surface area contributed by atoms with Crippen molar-refractivity contribution in [3.05, 3.63) is 35.9 Å². The molecule has 1 heterocycles. The highest BCUT2D eigenvalue weighted by Gasteiger charge is 2.48. The molecule has 10 nitrogen and oxygen atoms in total. The average Bonchev–Trinajstić information content (AvgIpc) is 2.82. The highest BCUT2D eigenvalue weighted by atomic mass is 16.7. The number of hydrogen-bond donors (Lipinski definition) is 2. The number of aliphatic hydroxyl groups is 1. The van der Waals surface area contributed by atoms with Gasteiger partial charge in [0.15, 0.2) is 6.29 Å². The Kier molecular flexibility index (Phi) is 11.4. The van der Waals surface area contributed by atoms with Crippen LogP contribution >= 0.6 is 0 Å². The number of rotatable bonds is 12. The second-order valence-electron chi connectivity index (χ2n) is 8.14. The first-order valence-corrected chi connectivity index (χ1v) is 11.4. The number of benzene rings is 1. The van der Waals surface area contributed by atoms with E-state index >= 15 is 0 Å². The van der Waals surface area contributed by atoms with Crippen molar-refractivity contribution in [2.75, 3.05) is 20.3 Å². The molecule has 0 aromatic heterocycles. The summed E-state index contributed by atoms with van der Waals surface area (Å²) in [4.78, 5) is 36.0. The van der Waals surface area contributed by atoms with Crippen molar-refractivity contribution in [2.24, 2.45) is 0 Å². The smallest absolute Gasteiger partial charge is 0.338 e. The lowest BCUT2D eigenvalue weighted by Gasteiger charge is -2.45. The highest BCUT2D eigenvalue weighted by Crippen LogP contribution is 2.27. The Hall–Kier alpha value is -2.53. The monoisotopic (exact) mass is 481 g/mol. The summed E-state index contributed by atoms with van der Waals surface area (Å²) in [6.45, 7) is 5.08. The SMILES string of the molecule is CCCCO[C@H]1OC(COC(=O)c2ccccc2)[C@@H](O)[C@H](O[C@H](C)CC(=O)OC)C1NC(C)=O. The fourth-order valence-electron chi connectivity index (χ4n) is 3.54. The van der Waals surface area contributed by atoms with Crippen LogP contribution in [0.15, 0.2) is 30.3 Å². The van der Waals surface area contributed by atoms with E-state index in [1.807, 2.05) is 6.92 Å². The summed E-state index contributed by atoms with van der Waals surface area (Å²) in [6, 6.07) is 7.58. The van der Waals surface area contributed by atoms with Crippen LogP contribution in [-0.4, -0.2) is 80.0 Å². The zero-order valence-corrected chi connectivity index (χ0v) is 20.1. The van der Waals surface area contributed by atoms with Gasteiger partial charge in [-0.3, -0.25) is 9.59 Å². The normalized spacial score (nSPS) is 25.3. The quantitative estimate of drug-likeness (QED) is 0.338. The zero-order chi connectivity index (χ0) is 25.1. The van der Waals surface area contributed by atoms with Gasteiger partial charge in [-0.1, -0.05) is 31.5 Å². The number of nitrogens with one attached hydrogen (secondary N) is 1. The maximum Gasteiger partial charge on any atom is 0.338 e. The molecule has 1 aliphatic heterocycles. The first kappa shape index (κ1) is 27.7. The summed E-state index contributed by atoms with van der Waals surface area (Å²) in [6.07, 6.45) is -3.28. The van der Waals surface area contributed by atoms with Gasteiger partial charge in [0.05, 0.1) is 25.2 Å². The molecule has 0 bridgehead atoms. The fraction of sp³-hybridized carbons (Fsp3) is 0.625. The van der Waals surface area contributed by atoms with Crippen LogP contribution in [0.25, 0.3) is 0 Å². The summed E-state index contributed by atoms with van der Waals surface area (Å²) in [5, 5.41) is 13.8. The molecule has 0 spiro atoms. The Labute approximate surface area is 199 Å². The zero-order valence-electron chi connectivity index (χ0n) is 20.1. The Balaban J connectivity index is 2.20. The van der Waals surface area contributed by atoms with Crippen molar-refractivity contribution in [3.63, 3.8) is 0 Å². The summed E-state index contributed by atoms with van der Waals surface area (Å²) in [5.74, 6) is -1.41. The fourth-order valence-corrected chi connectivity index (χ4v) is 3.54. The molecule has 1 amide bonds. The third-order valence-electron chi connectivity index (χ3n) is 5.28. The summed E-state index contributed by atoms with van der Waals surface area (Å²) in [7, 11) is 1.27. The average molecular weight is 482 g/mol. The van der Waals surface area contributed by atoms with E-state index in [4.69, 9.17) is 18.9 Å². The molecular formula is C24H35NO9.